The number of fused-ring (bicyclic) bond motifs is 1. The lowest BCUT2D eigenvalue weighted by atomic mass is 10.1. The summed E-state index contributed by atoms with van der Waals surface area (Å²) in [6.45, 7) is 3.81. The lowest BCUT2D eigenvalue weighted by molar-refractivity contribution is 0.575. The Hall–Kier alpha value is -1.32. The Kier molecular flexibility index (Phi) is 4.18. The maximum atomic E-state index is 11.8. The van der Waals surface area contributed by atoms with Crippen molar-refractivity contribution in [3.63, 3.8) is 0 Å². The molecular formula is C12H19N3O4S2. The lowest BCUT2D eigenvalue weighted by Gasteiger charge is -2.18. The first-order chi connectivity index (χ1) is 9.58. The van der Waals surface area contributed by atoms with Gasteiger partial charge in [-0.1, -0.05) is 6.07 Å². The van der Waals surface area contributed by atoms with E-state index in [1.807, 2.05) is 0 Å². The van der Waals surface area contributed by atoms with Crippen LogP contribution < -0.4 is 13.7 Å². The molecule has 118 valence electrons. The van der Waals surface area contributed by atoms with Gasteiger partial charge in [0.15, 0.2) is 0 Å². The van der Waals surface area contributed by atoms with Crippen molar-refractivity contribution in [2.24, 2.45) is 0 Å². The van der Waals surface area contributed by atoms with Gasteiger partial charge in [0, 0.05) is 12.6 Å². The van der Waals surface area contributed by atoms with Crippen molar-refractivity contribution < 1.29 is 16.8 Å². The van der Waals surface area contributed by atoms with Crippen LogP contribution in [0.15, 0.2) is 18.2 Å². The number of anilines is 2. The van der Waals surface area contributed by atoms with Gasteiger partial charge in [0.2, 0.25) is 10.0 Å². The molecule has 1 heterocycles. The highest BCUT2D eigenvalue weighted by atomic mass is 32.2. The van der Waals surface area contributed by atoms with Crippen LogP contribution in [0.25, 0.3) is 0 Å². The van der Waals surface area contributed by atoms with E-state index in [1.165, 1.54) is 4.31 Å². The third-order valence-corrected chi connectivity index (χ3v) is 5.45. The molecule has 9 heteroatoms. The van der Waals surface area contributed by atoms with E-state index < -0.39 is 20.2 Å². The molecule has 0 fully saturated rings. The summed E-state index contributed by atoms with van der Waals surface area (Å²) >= 11 is 0. The van der Waals surface area contributed by atoms with Gasteiger partial charge in [-0.3, -0.25) is 9.03 Å². The average Bonchev–Trinajstić information content (AvgIpc) is 2.68. The van der Waals surface area contributed by atoms with Crippen molar-refractivity contribution in [3.8, 4) is 0 Å². The van der Waals surface area contributed by atoms with Crippen molar-refractivity contribution >= 4 is 31.6 Å². The SMILES string of the molecule is CC(C)NS(=O)(=O)Nc1ccc2c(c1)N(S(C)(=O)=O)CC2. The fraction of sp³-hybridized carbons (Fsp3) is 0.500. The normalized spacial score (nSPS) is 15.3. The van der Waals surface area contributed by atoms with Gasteiger partial charge in [-0.2, -0.15) is 13.1 Å². The third-order valence-electron chi connectivity index (χ3n) is 2.98. The van der Waals surface area contributed by atoms with E-state index in [0.717, 1.165) is 11.8 Å². The zero-order valence-corrected chi connectivity index (χ0v) is 13.8. The van der Waals surface area contributed by atoms with Gasteiger partial charge in [0.1, 0.15) is 0 Å². The Balaban J connectivity index is 2.30. The van der Waals surface area contributed by atoms with Crippen molar-refractivity contribution in [2.75, 3.05) is 21.8 Å². The van der Waals surface area contributed by atoms with Gasteiger partial charge >= 0.3 is 0 Å². The minimum Gasteiger partial charge on any atom is -0.271 e. The predicted octanol–water partition coefficient (Wildman–Crippen LogP) is 0.663. The smallest absolute Gasteiger partial charge is 0.271 e. The van der Waals surface area contributed by atoms with E-state index in [1.54, 1.807) is 32.0 Å². The molecular weight excluding hydrogens is 314 g/mol. The topological polar surface area (TPSA) is 95.6 Å². The van der Waals surface area contributed by atoms with Crippen LogP contribution in [-0.2, 0) is 26.7 Å². The highest BCUT2D eigenvalue weighted by molar-refractivity contribution is 7.92. The molecule has 2 N–H and O–H groups in total. The molecule has 1 aromatic carbocycles. The molecule has 0 saturated carbocycles. The van der Waals surface area contributed by atoms with Crippen LogP contribution in [0.1, 0.15) is 19.4 Å². The van der Waals surface area contributed by atoms with Gasteiger partial charge in [0.25, 0.3) is 10.2 Å². The van der Waals surface area contributed by atoms with Crippen molar-refractivity contribution in [3.05, 3.63) is 23.8 Å². The minimum absolute atomic E-state index is 0.232. The molecule has 0 aromatic heterocycles. The lowest BCUT2D eigenvalue weighted by Crippen LogP contribution is -2.35. The summed E-state index contributed by atoms with van der Waals surface area (Å²) in [6, 6.07) is 4.69. The second-order valence-electron chi connectivity index (χ2n) is 5.31. The summed E-state index contributed by atoms with van der Waals surface area (Å²) in [6.07, 6.45) is 1.76. The maximum absolute atomic E-state index is 11.8. The van der Waals surface area contributed by atoms with Crippen molar-refractivity contribution in [1.82, 2.24) is 4.72 Å². The number of sulfonamides is 1. The Morgan fingerprint density at radius 1 is 1.19 bits per heavy atom. The quantitative estimate of drug-likeness (QED) is 0.827. The van der Waals surface area contributed by atoms with E-state index in [0.29, 0.717) is 24.3 Å². The zero-order valence-electron chi connectivity index (χ0n) is 12.1. The number of rotatable bonds is 5. The monoisotopic (exact) mass is 333 g/mol. The fourth-order valence-electron chi connectivity index (χ4n) is 2.25. The number of hydrogen-bond donors (Lipinski definition) is 2. The molecule has 7 nitrogen and oxygen atoms in total. The number of hydrogen-bond acceptors (Lipinski definition) is 4. The van der Waals surface area contributed by atoms with Gasteiger partial charge in [-0.05, 0) is 38.0 Å². The van der Waals surface area contributed by atoms with Crippen LogP contribution >= 0.6 is 0 Å². The molecule has 0 spiro atoms. The number of benzene rings is 1. The van der Waals surface area contributed by atoms with Crippen molar-refractivity contribution in [1.29, 1.82) is 0 Å². The summed E-state index contributed by atoms with van der Waals surface area (Å²) in [7, 11) is -7.03. The predicted molar refractivity (Wildman–Crippen MR) is 83.2 cm³/mol. The Morgan fingerprint density at radius 3 is 2.43 bits per heavy atom. The second-order valence-corrected chi connectivity index (χ2v) is 8.66. The standard InChI is InChI=1S/C12H19N3O4S2/c1-9(2)13-21(18,19)14-11-5-4-10-6-7-15(12(10)8-11)20(3,16)17/h4-5,8-9,13-14H,6-7H2,1-3H3. The Labute approximate surface area is 125 Å². The minimum atomic E-state index is -3.67. The molecule has 1 aromatic rings. The number of nitrogens with zero attached hydrogens (tertiary/aromatic N) is 1. The molecule has 21 heavy (non-hydrogen) atoms. The Bertz CT molecular complexity index is 742. The van der Waals surface area contributed by atoms with E-state index in [9.17, 15) is 16.8 Å². The average molecular weight is 333 g/mol. The maximum Gasteiger partial charge on any atom is 0.299 e. The Morgan fingerprint density at radius 2 is 1.86 bits per heavy atom. The third kappa shape index (κ3) is 3.86. The van der Waals surface area contributed by atoms with Gasteiger partial charge in [0.05, 0.1) is 17.6 Å². The first kappa shape index (κ1) is 16.1. The summed E-state index contributed by atoms with van der Waals surface area (Å²) < 4.78 is 53.2. The summed E-state index contributed by atoms with van der Waals surface area (Å²) in [5.74, 6) is 0. The van der Waals surface area contributed by atoms with Crippen LogP contribution in [0.2, 0.25) is 0 Å². The van der Waals surface area contributed by atoms with E-state index in [-0.39, 0.29) is 6.04 Å². The first-order valence-corrected chi connectivity index (χ1v) is 9.82. The van der Waals surface area contributed by atoms with Crippen LogP contribution in [0.5, 0.6) is 0 Å². The zero-order chi connectivity index (χ0) is 15.8. The van der Waals surface area contributed by atoms with Crippen LogP contribution in [-0.4, -0.2) is 35.7 Å². The van der Waals surface area contributed by atoms with Gasteiger partial charge < -0.3 is 0 Å². The second kappa shape index (κ2) is 5.47. The fourth-order valence-corrected chi connectivity index (χ4v) is 4.32. The summed E-state index contributed by atoms with van der Waals surface area (Å²) in [5, 5.41) is 0. The molecule has 1 aliphatic heterocycles. The van der Waals surface area contributed by atoms with Crippen LogP contribution in [0, 0.1) is 0 Å². The number of nitrogens with one attached hydrogen (secondary N) is 2. The van der Waals surface area contributed by atoms with Gasteiger partial charge in [-0.25, -0.2) is 8.42 Å². The molecule has 0 atom stereocenters. The summed E-state index contributed by atoms with van der Waals surface area (Å²) in [4.78, 5) is 0. The van der Waals surface area contributed by atoms with Crippen LogP contribution in [0.4, 0.5) is 11.4 Å². The largest absolute Gasteiger partial charge is 0.299 e. The van der Waals surface area contributed by atoms with Crippen LogP contribution in [0.3, 0.4) is 0 Å². The molecule has 0 radical (unpaired) electrons. The molecule has 1 aliphatic rings. The first-order valence-electron chi connectivity index (χ1n) is 6.49. The molecule has 2 rings (SSSR count). The summed E-state index contributed by atoms with van der Waals surface area (Å²) in [5.41, 5.74) is 1.75. The van der Waals surface area contributed by atoms with E-state index in [2.05, 4.69) is 9.44 Å². The highest BCUT2D eigenvalue weighted by Crippen LogP contribution is 2.32. The van der Waals surface area contributed by atoms with Gasteiger partial charge in [-0.15, -0.1) is 0 Å². The molecule has 0 saturated heterocycles. The molecule has 0 unspecified atom stereocenters. The molecule has 0 aliphatic carbocycles. The van der Waals surface area contributed by atoms with E-state index in [4.69, 9.17) is 0 Å². The highest BCUT2D eigenvalue weighted by Gasteiger charge is 2.26. The molecule has 0 bridgehead atoms. The van der Waals surface area contributed by atoms with E-state index >= 15 is 0 Å². The van der Waals surface area contributed by atoms with Crippen molar-refractivity contribution in [2.45, 2.75) is 26.3 Å². The molecule has 0 amide bonds.